The molecule has 2 N–H and O–H groups in total. The van der Waals surface area contributed by atoms with E-state index in [1.54, 1.807) is 18.2 Å². The summed E-state index contributed by atoms with van der Waals surface area (Å²) < 4.78 is 41.4. The number of anilines is 1. The average molecular weight is 600 g/mol. The van der Waals surface area contributed by atoms with Crippen molar-refractivity contribution in [1.82, 2.24) is 15.5 Å². The molecule has 0 bridgehead atoms. The van der Waals surface area contributed by atoms with Crippen LogP contribution >= 0.6 is 23.2 Å². The highest BCUT2D eigenvalue weighted by molar-refractivity contribution is 6.35. The Morgan fingerprint density at radius 1 is 1.12 bits per heavy atom. The van der Waals surface area contributed by atoms with Gasteiger partial charge in [0.05, 0.1) is 5.56 Å². The fourth-order valence-corrected chi connectivity index (χ4v) is 6.15. The minimum absolute atomic E-state index is 0.0431. The van der Waals surface area contributed by atoms with E-state index in [1.165, 1.54) is 12.1 Å². The number of alkyl halides is 3. The molecule has 3 atom stereocenters. The predicted molar refractivity (Wildman–Crippen MR) is 156 cm³/mol. The van der Waals surface area contributed by atoms with Gasteiger partial charge < -0.3 is 20.4 Å². The van der Waals surface area contributed by atoms with Crippen molar-refractivity contribution in [3.8, 4) is 0 Å². The zero-order valence-electron chi connectivity index (χ0n) is 23.2. The Bertz CT molecular complexity index is 1150. The number of rotatable bonds is 10. The Kier molecular flexibility index (Phi) is 10.7. The number of amides is 1. The van der Waals surface area contributed by atoms with Crippen molar-refractivity contribution >= 4 is 34.8 Å². The third-order valence-corrected chi connectivity index (χ3v) is 8.83. The lowest BCUT2D eigenvalue weighted by Gasteiger charge is -2.39. The first-order valence-corrected chi connectivity index (χ1v) is 15.0. The fourth-order valence-electron chi connectivity index (χ4n) is 5.64. The molecule has 0 radical (unpaired) electrons. The summed E-state index contributed by atoms with van der Waals surface area (Å²) in [5, 5.41) is 8.19. The fraction of sp³-hybridized carbons (Fsp3) is 0.567. The van der Waals surface area contributed by atoms with Gasteiger partial charge in [-0.15, -0.1) is 0 Å². The Morgan fingerprint density at radius 2 is 1.88 bits per heavy atom. The zero-order chi connectivity index (χ0) is 28.9. The molecule has 0 aliphatic carbocycles. The van der Waals surface area contributed by atoms with E-state index in [0.717, 1.165) is 37.1 Å². The lowest BCUT2D eigenvalue weighted by molar-refractivity contribution is -0.137. The maximum absolute atomic E-state index is 13.8. The van der Waals surface area contributed by atoms with Crippen LogP contribution < -0.4 is 15.5 Å². The number of carbonyl (C=O) groups is 1. The molecule has 4 rings (SSSR count). The van der Waals surface area contributed by atoms with Crippen LogP contribution in [0.1, 0.15) is 62.3 Å². The topological polar surface area (TPSA) is 47.6 Å². The van der Waals surface area contributed by atoms with Crippen molar-refractivity contribution in [3.05, 3.63) is 63.1 Å². The van der Waals surface area contributed by atoms with Crippen LogP contribution in [0.4, 0.5) is 18.9 Å². The Labute approximate surface area is 245 Å². The van der Waals surface area contributed by atoms with Crippen molar-refractivity contribution in [3.63, 3.8) is 0 Å². The molecular weight excluding hydrogens is 560 g/mol. The number of hydrogen-bond donors (Lipinski definition) is 2. The van der Waals surface area contributed by atoms with Gasteiger partial charge in [-0.3, -0.25) is 4.79 Å². The normalized spacial score (nSPS) is 19.6. The van der Waals surface area contributed by atoms with Gasteiger partial charge in [0.2, 0.25) is 5.91 Å². The molecule has 0 aromatic heterocycles. The van der Waals surface area contributed by atoms with Gasteiger partial charge in [-0.1, -0.05) is 49.5 Å². The molecule has 0 saturated carbocycles. The zero-order valence-corrected chi connectivity index (χ0v) is 24.7. The van der Waals surface area contributed by atoms with Crippen LogP contribution in [0, 0.1) is 5.92 Å². The van der Waals surface area contributed by atoms with E-state index >= 15 is 0 Å². The molecule has 0 spiro atoms. The maximum Gasteiger partial charge on any atom is 0.416 e. The standard InChI is InChI=1S/C30H39Cl2F3N4O/c1-3-20(2)29(37-19-24-5-4-12-36-24)25-17-22(30(33,34)35)8-10-27(25)38-13-15-39(16-14-38)28(40)11-7-21-6-9-23(31)18-26(21)32/h6,8-10,17-18,20,24,29,36-37H,3-5,7,11-16,19H2,1-2H3/t20?,24-,29-/m0/s1. The summed E-state index contributed by atoms with van der Waals surface area (Å²) in [5.74, 6) is 0.188. The number of halogens is 5. The van der Waals surface area contributed by atoms with E-state index in [0.29, 0.717) is 67.2 Å². The minimum atomic E-state index is -4.42. The lowest BCUT2D eigenvalue weighted by atomic mass is 9.89. The van der Waals surface area contributed by atoms with Crippen LogP contribution in [-0.4, -0.2) is 56.1 Å². The van der Waals surface area contributed by atoms with Gasteiger partial charge in [0.1, 0.15) is 0 Å². The largest absolute Gasteiger partial charge is 0.416 e. The summed E-state index contributed by atoms with van der Waals surface area (Å²) in [6, 6.07) is 9.52. The average Bonchev–Trinajstić information content (AvgIpc) is 3.45. The highest BCUT2D eigenvalue weighted by atomic mass is 35.5. The first kappa shape index (κ1) is 30.9. The summed E-state index contributed by atoms with van der Waals surface area (Å²) in [6.07, 6.45) is -0.539. The Balaban J connectivity index is 1.47. The SMILES string of the molecule is CCC(C)[C@H](NC[C@@H]1CCCN1)c1cc(C(F)(F)F)ccc1N1CCN(C(=O)CCc2ccc(Cl)cc2Cl)CC1. The molecule has 2 aromatic rings. The smallest absolute Gasteiger partial charge is 0.368 e. The molecule has 2 heterocycles. The molecule has 1 amide bonds. The summed E-state index contributed by atoms with van der Waals surface area (Å²) in [4.78, 5) is 16.9. The molecule has 10 heteroatoms. The van der Waals surface area contributed by atoms with Crippen molar-refractivity contribution in [2.24, 2.45) is 5.92 Å². The van der Waals surface area contributed by atoms with Crippen LogP contribution in [0.5, 0.6) is 0 Å². The molecule has 220 valence electrons. The molecule has 2 aliphatic heterocycles. The molecule has 40 heavy (non-hydrogen) atoms. The molecule has 1 unspecified atom stereocenters. The molecular formula is C30H39Cl2F3N4O. The van der Waals surface area contributed by atoms with Crippen molar-refractivity contribution in [1.29, 1.82) is 0 Å². The van der Waals surface area contributed by atoms with Gasteiger partial charge in [0, 0.05) is 67.0 Å². The van der Waals surface area contributed by atoms with Gasteiger partial charge in [0.25, 0.3) is 0 Å². The summed E-state index contributed by atoms with van der Waals surface area (Å²) in [7, 11) is 0. The van der Waals surface area contributed by atoms with E-state index in [-0.39, 0.29) is 17.9 Å². The van der Waals surface area contributed by atoms with Gasteiger partial charge >= 0.3 is 6.18 Å². The van der Waals surface area contributed by atoms with Gasteiger partial charge in [0.15, 0.2) is 0 Å². The van der Waals surface area contributed by atoms with Crippen LogP contribution in [-0.2, 0) is 17.4 Å². The summed E-state index contributed by atoms with van der Waals surface area (Å²) >= 11 is 12.2. The van der Waals surface area contributed by atoms with Crippen molar-refractivity contribution in [2.45, 2.75) is 64.2 Å². The van der Waals surface area contributed by atoms with Crippen LogP contribution in [0.3, 0.4) is 0 Å². The number of nitrogens with one attached hydrogen (secondary N) is 2. The van der Waals surface area contributed by atoms with E-state index in [1.807, 2.05) is 11.0 Å². The molecule has 2 aromatic carbocycles. The number of benzene rings is 2. The molecule has 2 fully saturated rings. The van der Waals surface area contributed by atoms with Gasteiger partial charge in [-0.05, 0) is 73.2 Å². The summed E-state index contributed by atoms with van der Waals surface area (Å²) in [6.45, 7) is 8.00. The molecule has 5 nitrogen and oxygen atoms in total. The second-order valence-corrected chi connectivity index (χ2v) is 11.8. The van der Waals surface area contributed by atoms with Gasteiger partial charge in [-0.2, -0.15) is 13.2 Å². The van der Waals surface area contributed by atoms with Gasteiger partial charge in [-0.25, -0.2) is 0 Å². The molecule has 2 aliphatic rings. The molecule has 2 saturated heterocycles. The highest BCUT2D eigenvalue weighted by Gasteiger charge is 2.34. The first-order chi connectivity index (χ1) is 19.1. The number of hydrogen-bond acceptors (Lipinski definition) is 4. The monoisotopic (exact) mass is 598 g/mol. The second kappa shape index (κ2) is 13.8. The van der Waals surface area contributed by atoms with E-state index in [2.05, 4.69) is 29.4 Å². The van der Waals surface area contributed by atoms with Crippen LogP contribution in [0.15, 0.2) is 36.4 Å². The Hall–Kier alpha value is -2.00. The quantitative estimate of drug-likeness (QED) is 0.318. The van der Waals surface area contributed by atoms with E-state index in [4.69, 9.17) is 23.2 Å². The third kappa shape index (κ3) is 7.84. The predicted octanol–water partition coefficient (Wildman–Crippen LogP) is 6.72. The number of carbonyl (C=O) groups excluding carboxylic acids is 1. The lowest BCUT2D eigenvalue weighted by Crippen LogP contribution is -2.49. The first-order valence-electron chi connectivity index (χ1n) is 14.2. The maximum atomic E-state index is 13.8. The third-order valence-electron chi connectivity index (χ3n) is 8.25. The van der Waals surface area contributed by atoms with Crippen LogP contribution in [0.2, 0.25) is 10.0 Å². The van der Waals surface area contributed by atoms with Crippen LogP contribution in [0.25, 0.3) is 0 Å². The second-order valence-electron chi connectivity index (χ2n) is 10.9. The minimum Gasteiger partial charge on any atom is -0.368 e. The number of nitrogens with zero attached hydrogens (tertiary/aromatic N) is 2. The van der Waals surface area contributed by atoms with Crippen molar-refractivity contribution < 1.29 is 18.0 Å². The van der Waals surface area contributed by atoms with E-state index in [9.17, 15) is 18.0 Å². The highest BCUT2D eigenvalue weighted by Crippen LogP contribution is 2.38. The Morgan fingerprint density at radius 3 is 2.50 bits per heavy atom. The summed E-state index contributed by atoms with van der Waals surface area (Å²) in [5.41, 5.74) is 1.74. The van der Waals surface area contributed by atoms with E-state index < -0.39 is 11.7 Å². The number of aryl methyl sites for hydroxylation is 1. The van der Waals surface area contributed by atoms with Crippen molar-refractivity contribution in [2.75, 3.05) is 44.2 Å². The number of piperazine rings is 1.